The molecule has 0 aliphatic heterocycles. The third-order valence-electron chi connectivity index (χ3n) is 1.14. The molecule has 0 spiro atoms. The molecule has 0 heterocycles. The van der Waals surface area contributed by atoms with Crippen LogP contribution in [-0.2, 0) is 4.79 Å². The van der Waals surface area contributed by atoms with Gasteiger partial charge in [0.2, 0.25) is 5.91 Å². The van der Waals surface area contributed by atoms with E-state index < -0.39 is 0 Å². The van der Waals surface area contributed by atoms with Gasteiger partial charge >= 0.3 is 0 Å². The summed E-state index contributed by atoms with van der Waals surface area (Å²) >= 11 is 0. The number of amides is 1. The van der Waals surface area contributed by atoms with E-state index in [0.29, 0.717) is 6.42 Å². The maximum absolute atomic E-state index is 10.4. The van der Waals surface area contributed by atoms with Crippen LogP contribution in [0.5, 0.6) is 0 Å². The molecule has 52 valence electrons. The first-order chi connectivity index (χ1) is 4.04. The minimum Gasteiger partial charge on any atom is -0.369 e. The minimum atomic E-state index is -0.252. The summed E-state index contributed by atoms with van der Waals surface area (Å²) in [6, 6.07) is 0. The number of allylic oxidation sites excluding steroid dienone is 1. The number of rotatable bonds is 3. The predicted octanol–water partition coefficient (Wildman–Crippen LogP) is 1.07. The van der Waals surface area contributed by atoms with Crippen molar-refractivity contribution in [1.29, 1.82) is 0 Å². The summed E-state index contributed by atoms with van der Waals surface area (Å²) in [5, 5.41) is 0. The average Bonchev–Trinajstić information content (AvgIpc) is 1.63. The van der Waals surface area contributed by atoms with Crippen LogP contribution in [0.25, 0.3) is 0 Å². The van der Waals surface area contributed by atoms with Gasteiger partial charge in [-0.3, -0.25) is 4.79 Å². The highest BCUT2D eigenvalue weighted by molar-refractivity contribution is 5.76. The molecule has 0 aliphatic carbocycles. The molecule has 0 saturated carbocycles. The van der Waals surface area contributed by atoms with Crippen LogP contribution >= 0.6 is 0 Å². The smallest absolute Gasteiger partial charge is 0.220 e. The first-order valence-corrected chi connectivity index (χ1v) is 2.97. The summed E-state index contributed by atoms with van der Waals surface area (Å²) in [5.74, 6) is -0.319. The number of hydrogen-bond donors (Lipinski definition) is 1. The maximum Gasteiger partial charge on any atom is 0.220 e. The van der Waals surface area contributed by atoms with Gasteiger partial charge in [0.15, 0.2) is 0 Å². The van der Waals surface area contributed by atoms with Crippen LogP contribution in [-0.4, -0.2) is 5.91 Å². The number of carbonyl (C=O) groups excluding carboxylic acids is 1. The Balaban J connectivity index is 3.63. The van der Waals surface area contributed by atoms with Gasteiger partial charge in [-0.1, -0.05) is 12.5 Å². The highest BCUT2D eigenvalue weighted by Crippen LogP contribution is 2.06. The largest absolute Gasteiger partial charge is 0.369 e. The topological polar surface area (TPSA) is 43.1 Å². The molecule has 2 N–H and O–H groups in total. The SMILES string of the molecule is C=C(C)CC(C)C(N)=O. The molecule has 2 heteroatoms. The van der Waals surface area contributed by atoms with Crippen molar-refractivity contribution in [1.82, 2.24) is 0 Å². The second-order valence-corrected chi connectivity index (χ2v) is 2.46. The molecule has 0 radical (unpaired) electrons. The fourth-order valence-corrected chi connectivity index (χ4v) is 0.623. The van der Waals surface area contributed by atoms with E-state index in [-0.39, 0.29) is 11.8 Å². The minimum absolute atomic E-state index is 0.0671. The van der Waals surface area contributed by atoms with E-state index in [4.69, 9.17) is 5.73 Å². The van der Waals surface area contributed by atoms with E-state index in [1.165, 1.54) is 0 Å². The zero-order valence-corrected chi connectivity index (χ0v) is 5.98. The normalized spacial score (nSPS) is 12.7. The number of primary amides is 1. The molecule has 1 unspecified atom stereocenters. The van der Waals surface area contributed by atoms with Crippen LogP contribution < -0.4 is 5.73 Å². The number of hydrogen-bond acceptors (Lipinski definition) is 1. The van der Waals surface area contributed by atoms with Crippen LogP contribution in [0.1, 0.15) is 20.3 Å². The molecule has 0 fully saturated rings. The highest BCUT2D eigenvalue weighted by atomic mass is 16.1. The standard InChI is InChI=1S/C7H13NO/c1-5(2)4-6(3)7(8)9/h6H,1,4H2,2-3H3,(H2,8,9). The Morgan fingerprint density at radius 3 is 2.33 bits per heavy atom. The van der Waals surface area contributed by atoms with Gasteiger partial charge in [-0.25, -0.2) is 0 Å². The molecular formula is C7H13NO. The van der Waals surface area contributed by atoms with Crippen molar-refractivity contribution < 1.29 is 4.79 Å². The van der Waals surface area contributed by atoms with Crippen molar-refractivity contribution in [3.05, 3.63) is 12.2 Å². The van der Waals surface area contributed by atoms with Crippen molar-refractivity contribution in [2.45, 2.75) is 20.3 Å². The van der Waals surface area contributed by atoms with Gasteiger partial charge in [0, 0.05) is 5.92 Å². The number of nitrogens with two attached hydrogens (primary N) is 1. The molecule has 0 saturated heterocycles. The van der Waals surface area contributed by atoms with Crippen molar-refractivity contribution in [2.75, 3.05) is 0 Å². The van der Waals surface area contributed by atoms with Gasteiger partial charge in [0.25, 0.3) is 0 Å². The summed E-state index contributed by atoms with van der Waals surface area (Å²) in [6.45, 7) is 7.36. The van der Waals surface area contributed by atoms with E-state index in [9.17, 15) is 4.79 Å². The van der Waals surface area contributed by atoms with Crippen LogP contribution in [0.3, 0.4) is 0 Å². The molecule has 9 heavy (non-hydrogen) atoms. The summed E-state index contributed by atoms with van der Waals surface area (Å²) in [6.07, 6.45) is 0.704. The van der Waals surface area contributed by atoms with E-state index in [2.05, 4.69) is 6.58 Å². The molecule has 0 aliphatic rings. The third-order valence-corrected chi connectivity index (χ3v) is 1.14. The Labute approximate surface area is 55.7 Å². The van der Waals surface area contributed by atoms with E-state index in [1.807, 2.05) is 6.92 Å². The lowest BCUT2D eigenvalue weighted by Crippen LogP contribution is -2.20. The molecule has 0 aromatic carbocycles. The van der Waals surface area contributed by atoms with Crippen molar-refractivity contribution in [3.63, 3.8) is 0 Å². The van der Waals surface area contributed by atoms with Gasteiger partial charge in [-0.15, -0.1) is 6.58 Å². The molecule has 2 nitrogen and oxygen atoms in total. The Hall–Kier alpha value is -0.790. The van der Waals surface area contributed by atoms with Crippen LogP contribution in [0, 0.1) is 5.92 Å². The summed E-state index contributed by atoms with van der Waals surface area (Å²) in [5.41, 5.74) is 6.01. The summed E-state index contributed by atoms with van der Waals surface area (Å²) < 4.78 is 0. The molecular weight excluding hydrogens is 114 g/mol. The lowest BCUT2D eigenvalue weighted by Gasteiger charge is -2.04. The van der Waals surface area contributed by atoms with Crippen LogP contribution in [0.15, 0.2) is 12.2 Å². The second kappa shape index (κ2) is 3.28. The van der Waals surface area contributed by atoms with Gasteiger partial charge < -0.3 is 5.73 Å². The second-order valence-electron chi connectivity index (χ2n) is 2.46. The molecule has 0 bridgehead atoms. The molecule has 1 atom stereocenters. The fourth-order valence-electron chi connectivity index (χ4n) is 0.623. The first kappa shape index (κ1) is 8.21. The number of carbonyl (C=O) groups is 1. The highest BCUT2D eigenvalue weighted by Gasteiger charge is 2.06. The molecule has 0 aromatic rings. The Kier molecular flexibility index (Phi) is 2.99. The van der Waals surface area contributed by atoms with Crippen molar-refractivity contribution >= 4 is 5.91 Å². The summed E-state index contributed by atoms with van der Waals surface area (Å²) in [4.78, 5) is 10.4. The average molecular weight is 127 g/mol. The van der Waals surface area contributed by atoms with Gasteiger partial charge in [0.1, 0.15) is 0 Å². The quantitative estimate of drug-likeness (QED) is 0.566. The fraction of sp³-hybridized carbons (Fsp3) is 0.571. The van der Waals surface area contributed by atoms with Crippen LogP contribution in [0.2, 0.25) is 0 Å². The molecule has 1 amide bonds. The monoisotopic (exact) mass is 127 g/mol. The molecule has 0 aromatic heterocycles. The van der Waals surface area contributed by atoms with E-state index in [0.717, 1.165) is 5.57 Å². The first-order valence-electron chi connectivity index (χ1n) is 2.97. The zero-order chi connectivity index (χ0) is 7.44. The molecule has 0 rings (SSSR count). The lowest BCUT2D eigenvalue weighted by atomic mass is 10.0. The van der Waals surface area contributed by atoms with Crippen LogP contribution in [0.4, 0.5) is 0 Å². The Morgan fingerprint density at radius 2 is 2.22 bits per heavy atom. The van der Waals surface area contributed by atoms with Gasteiger partial charge in [0.05, 0.1) is 0 Å². The summed E-state index contributed by atoms with van der Waals surface area (Å²) in [7, 11) is 0. The van der Waals surface area contributed by atoms with Gasteiger partial charge in [-0.05, 0) is 13.3 Å². The Morgan fingerprint density at radius 1 is 1.78 bits per heavy atom. The maximum atomic E-state index is 10.4. The van der Waals surface area contributed by atoms with E-state index in [1.54, 1.807) is 6.92 Å². The predicted molar refractivity (Wildman–Crippen MR) is 37.8 cm³/mol. The van der Waals surface area contributed by atoms with E-state index >= 15 is 0 Å². The zero-order valence-electron chi connectivity index (χ0n) is 5.98. The van der Waals surface area contributed by atoms with Crippen molar-refractivity contribution in [2.24, 2.45) is 11.7 Å². The Bertz CT molecular complexity index is 129. The third kappa shape index (κ3) is 3.76. The van der Waals surface area contributed by atoms with Crippen molar-refractivity contribution in [3.8, 4) is 0 Å². The lowest BCUT2D eigenvalue weighted by molar-refractivity contribution is -0.121. The van der Waals surface area contributed by atoms with Gasteiger partial charge in [-0.2, -0.15) is 0 Å².